The number of aliphatic hydroxyl groups excluding tert-OH is 1. The van der Waals surface area contributed by atoms with E-state index in [9.17, 15) is 9.90 Å². The van der Waals surface area contributed by atoms with Gasteiger partial charge in [-0.2, -0.15) is 0 Å². The number of carbonyl (C=O) groups excluding carboxylic acids is 1. The van der Waals surface area contributed by atoms with Crippen LogP contribution in [-0.4, -0.2) is 27.2 Å². The van der Waals surface area contributed by atoms with E-state index < -0.39 is 5.97 Å². The Balaban J connectivity index is 2.47. The second-order valence-electron chi connectivity index (χ2n) is 4.12. The van der Waals surface area contributed by atoms with Crippen molar-refractivity contribution >= 4 is 5.97 Å². The minimum absolute atomic E-state index is 0.213. The van der Waals surface area contributed by atoms with Crippen LogP contribution in [0.4, 0.5) is 0 Å². The van der Waals surface area contributed by atoms with E-state index in [-0.39, 0.29) is 12.3 Å². The van der Waals surface area contributed by atoms with Crippen LogP contribution in [0.25, 0.3) is 11.3 Å². The van der Waals surface area contributed by atoms with Crippen molar-refractivity contribution in [3.63, 3.8) is 0 Å². The molecule has 2 aromatic rings. The summed E-state index contributed by atoms with van der Waals surface area (Å²) in [5.74, 6) is -0.478. The molecule has 0 amide bonds. The van der Waals surface area contributed by atoms with Gasteiger partial charge in [-0.3, -0.25) is 0 Å². The number of ether oxygens (including phenoxy) is 1. The molecule has 0 saturated heterocycles. The maximum Gasteiger partial charge on any atom is 0.356 e. The van der Waals surface area contributed by atoms with Gasteiger partial charge >= 0.3 is 5.97 Å². The summed E-state index contributed by atoms with van der Waals surface area (Å²) in [6.07, 6.45) is 1.92. The number of aromatic nitrogens is 2. The fraction of sp³-hybridized carbons (Fsp3) is 0.286. The van der Waals surface area contributed by atoms with E-state index in [1.165, 1.54) is 0 Å². The fourth-order valence-electron chi connectivity index (χ4n) is 1.89. The third-order valence-electron chi connectivity index (χ3n) is 2.76. The van der Waals surface area contributed by atoms with E-state index in [4.69, 9.17) is 4.74 Å². The van der Waals surface area contributed by atoms with Crippen LogP contribution in [0, 0.1) is 0 Å². The molecule has 19 heavy (non-hydrogen) atoms. The SMILES string of the molecule is CCOC(=O)c1cc(-c2cccn2C)cc(CO)n1. The smallest absolute Gasteiger partial charge is 0.356 e. The van der Waals surface area contributed by atoms with Crippen LogP contribution in [-0.2, 0) is 18.4 Å². The molecule has 0 unspecified atom stereocenters. The Bertz CT molecular complexity index is 590. The summed E-state index contributed by atoms with van der Waals surface area (Å²) in [4.78, 5) is 15.8. The summed E-state index contributed by atoms with van der Waals surface area (Å²) < 4.78 is 6.88. The lowest BCUT2D eigenvalue weighted by atomic mass is 10.1. The minimum atomic E-state index is -0.478. The molecule has 100 valence electrons. The van der Waals surface area contributed by atoms with Crippen LogP contribution >= 0.6 is 0 Å². The van der Waals surface area contributed by atoms with E-state index in [0.29, 0.717) is 12.3 Å². The van der Waals surface area contributed by atoms with Crippen LogP contribution in [0.3, 0.4) is 0 Å². The van der Waals surface area contributed by atoms with Gasteiger partial charge < -0.3 is 14.4 Å². The van der Waals surface area contributed by atoms with E-state index in [0.717, 1.165) is 11.3 Å². The average Bonchev–Trinajstić information content (AvgIpc) is 2.84. The molecule has 0 saturated carbocycles. The Morgan fingerprint density at radius 3 is 2.84 bits per heavy atom. The van der Waals surface area contributed by atoms with E-state index in [1.54, 1.807) is 19.1 Å². The van der Waals surface area contributed by atoms with Crippen molar-refractivity contribution in [2.75, 3.05) is 6.61 Å². The number of carbonyl (C=O) groups is 1. The average molecular weight is 260 g/mol. The van der Waals surface area contributed by atoms with Crippen LogP contribution in [0.1, 0.15) is 23.1 Å². The second-order valence-corrected chi connectivity index (χ2v) is 4.12. The first kappa shape index (κ1) is 13.3. The maximum absolute atomic E-state index is 11.7. The summed E-state index contributed by atoms with van der Waals surface area (Å²) in [6.45, 7) is 1.82. The second kappa shape index (κ2) is 5.67. The highest BCUT2D eigenvalue weighted by Crippen LogP contribution is 2.21. The van der Waals surface area contributed by atoms with E-state index in [2.05, 4.69) is 4.98 Å². The van der Waals surface area contributed by atoms with Gasteiger partial charge in [-0.05, 0) is 31.2 Å². The van der Waals surface area contributed by atoms with Gasteiger partial charge in [-0.15, -0.1) is 0 Å². The molecule has 0 aliphatic carbocycles. The maximum atomic E-state index is 11.7. The molecule has 0 spiro atoms. The van der Waals surface area contributed by atoms with Crippen molar-refractivity contribution in [1.29, 1.82) is 0 Å². The highest BCUT2D eigenvalue weighted by atomic mass is 16.5. The van der Waals surface area contributed by atoms with Gasteiger partial charge in [0, 0.05) is 24.5 Å². The van der Waals surface area contributed by atoms with Gasteiger partial charge in [0.25, 0.3) is 0 Å². The van der Waals surface area contributed by atoms with Crippen molar-refractivity contribution in [2.45, 2.75) is 13.5 Å². The van der Waals surface area contributed by atoms with Crippen molar-refractivity contribution < 1.29 is 14.6 Å². The van der Waals surface area contributed by atoms with Gasteiger partial charge in [-0.25, -0.2) is 9.78 Å². The molecule has 0 aliphatic heterocycles. The van der Waals surface area contributed by atoms with Gasteiger partial charge in [-0.1, -0.05) is 0 Å². The Kier molecular flexibility index (Phi) is 3.97. The molecule has 0 radical (unpaired) electrons. The molecule has 5 heteroatoms. The number of esters is 1. The molecule has 5 nitrogen and oxygen atoms in total. The van der Waals surface area contributed by atoms with Gasteiger partial charge in [0.15, 0.2) is 0 Å². The van der Waals surface area contributed by atoms with Gasteiger partial charge in [0.05, 0.1) is 18.9 Å². The fourth-order valence-corrected chi connectivity index (χ4v) is 1.89. The van der Waals surface area contributed by atoms with E-state index >= 15 is 0 Å². The summed E-state index contributed by atoms with van der Waals surface area (Å²) in [6, 6.07) is 7.29. The monoisotopic (exact) mass is 260 g/mol. The summed E-state index contributed by atoms with van der Waals surface area (Å²) in [5, 5.41) is 9.24. The van der Waals surface area contributed by atoms with Crippen molar-refractivity contribution in [3.8, 4) is 11.3 Å². The third kappa shape index (κ3) is 2.82. The van der Waals surface area contributed by atoms with Crippen LogP contribution in [0.5, 0.6) is 0 Å². The standard InChI is InChI=1S/C14H16N2O3/c1-3-19-14(18)12-8-10(7-11(9-17)15-12)13-5-4-6-16(13)2/h4-8,17H,3,9H2,1-2H3. The number of hydrogen-bond donors (Lipinski definition) is 1. The predicted molar refractivity (Wildman–Crippen MR) is 70.5 cm³/mol. The van der Waals surface area contributed by atoms with Gasteiger partial charge in [0.2, 0.25) is 0 Å². The zero-order chi connectivity index (χ0) is 13.8. The topological polar surface area (TPSA) is 64.3 Å². The first-order valence-electron chi connectivity index (χ1n) is 6.06. The highest BCUT2D eigenvalue weighted by Gasteiger charge is 2.13. The zero-order valence-electron chi connectivity index (χ0n) is 11.0. The minimum Gasteiger partial charge on any atom is -0.461 e. The number of aryl methyl sites for hydroxylation is 1. The summed E-state index contributed by atoms with van der Waals surface area (Å²) in [7, 11) is 1.92. The van der Waals surface area contributed by atoms with Gasteiger partial charge in [0.1, 0.15) is 5.69 Å². The summed E-state index contributed by atoms with van der Waals surface area (Å²) >= 11 is 0. The zero-order valence-corrected chi connectivity index (χ0v) is 11.0. The lowest BCUT2D eigenvalue weighted by molar-refractivity contribution is 0.0519. The molecule has 2 heterocycles. The van der Waals surface area contributed by atoms with Crippen molar-refractivity contribution in [2.24, 2.45) is 7.05 Å². The Morgan fingerprint density at radius 2 is 2.26 bits per heavy atom. The number of pyridine rings is 1. The number of aliphatic hydroxyl groups is 1. The molecular weight excluding hydrogens is 244 g/mol. The molecule has 0 aliphatic rings. The molecule has 2 rings (SSSR count). The first-order chi connectivity index (χ1) is 9.15. The lowest BCUT2D eigenvalue weighted by Crippen LogP contribution is -2.09. The largest absolute Gasteiger partial charge is 0.461 e. The molecule has 0 bridgehead atoms. The first-order valence-corrected chi connectivity index (χ1v) is 6.06. The number of nitrogens with zero attached hydrogens (tertiary/aromatic N) is 2. The predicted octanol–water partition coefficient (Wildman–Crippen LogP) is 1.76. The van der Waals surface area contributed by atoms with Crippen molar-refractivity contribution in [3.05, 3.63) is 41.9 Å². The highest BCUT2D eigenvalue weighted by molar-refractivity contribution is 5.88. The van der Waals surface area contributed by atoms with Crippen LogP contribution in [0.2, 0.25) is 0 Å². The molecule has 0 aromatic carbocycles. The van der Waals surface area contributed by atoms with Crippen LogP contribution < -0.4 is 0 Å². The van der Waals surface area contributed by atoms with Crippen molar-refractivity contribution in [1.82, 2.24) is 9.55 Å². The Morgan fingerprint density at radius 1 is 1.47 bits per heavy atom. The Hall–Kier alpha value is -2.14. The molecular formula is C14H16N2O3. The van der Waals surface area contributed by atoms with Crippen LogP contribution in [0.15, 0.2) is 30.5 Å². The lowest BCUT2D eigenvalue weighted by Gasteiger charge is -2.08. The normalized spacial score (nSPS) is 10.5. The summed E-state index contributed by atoms with van der Waals surface area (Å²) in [5.41, 5.74) is 2.43. The molecule has 0 fully saturated rings. The number of hydrogen-bond acceptors (Lipinski definition) is 4. The Labute approximate surface area is 111 Å². The number of rotatable bonds is 4. The third-order valence-corrected chi connectivity index (χ3v) is 2.76. The molecule has 1 N–H and O–H groups in total. The molecule has 0 atom stereocenters. The quantitative estimate of drug-likeness (QED) is 0.851. The van der Waals surface area contributed by atoms with E-state index in [1.807, 2.05) is 29.9 Å². The molecule has 2 aromatic heterocycles.